The second-order valence-electron chi connectivity index (χ2n) is 10.6. The maximum absolute atomic E-state index is 12.9. The van der Waals surface area contributed by atoms with E-state index in [1.807, 2.05) is 20.8 Å². The van der Waals surface area contributed by atoms with Crippen molar-refractivity contribution in [2.24, 2.45) is 0 Å². The number of carbonyl (C=O) groups is 2. The average Bonchev–Trinajstić information content (AvgIpc) is 2.80. The van der Waals surface area contributed by atoms with E-state index in [0.29, 0.717) is 28.6 Å². The molecule has 0 bridgehead atoms. The van der Waals surface area contributed by atoms with E-state index in [2.05, 4.69) is 15.2 Å². The predicted molar refractivity (Wildman–Crippen MR) is 139 cm³/mol. The summed E-state index contributed by atoms with van der Waals surface area (Å²) in [5, 5.41) is 12.9. The van der Waals surface area contributed by atoms with E-state index in [1.54, 1.807) is 37.9 Å². The van der Waals surface area contributed by atoms with Crippen LogP contribution in [0.15, 0.2) is 21.3 Å². The smallest absolute Gasteiger partial charge is 0.408 e. The minimum atomic E-state index is -1.04. The lowest BCUT2D eigenvalue weighted by molar-refractivity contribution is -0.130. The molecule has 0 spiro atoms. The second kappa shape index (κ2) is 11.3. The molecule has 1 fully saturated rings. The van der Waals surface area contributed by atoms with Crippen molar-refractivity contribution in [2.45, 2.75) is 72.0 Å². The van der Waals surface area contributed by atoms with Crippen molar-refractivity contribution in [2.75, 3.05) is 38.5 Å². The molecule has 10 nitrogen and oxygen atoms in total. The fourth-order valence-electron chi connectivity index (χ4n) is 4.52. The Morgan fingerprint density at radius 1 is 1.22 bits per heavy atom. The van der Waals surface area contributed by atoms with Gasteiger partial charge in [0, 0.05) is 32.2 Å². The molecule has 0 unspecified atom stereocenters. The fourth-order valence-corrected chi connectivity index (χ4v) is 4.52. The first-order chi connectivity index (χ1) is 16.9. The number of aryl methyl sites for hydroxylation is 1. The summed E-state index contributed by atoms with van der Waals surface area (Å²) in [4.78, 5) is 47.3. The standard InChI is InChI=1S/C26H39N5O5/c1-17-19(16-31(25(34)35)26(3,4)5)10-11-20-21(17)23(33)36-24(28-20)27-18(2)22(32)29(6)14-15-30-12-8-7-9-13-30/h10-11,18H,7-9,12-16H2,1-6H3,(H,27,28)(H,34,35)/t18-/m0/s1. The van der Waals surface area contributed by atoms with E-state index in [0.717, 1.165) is 19.6 Å². The zero-order valence-electron chi connectivity index (χ0n) is 22.3. The lowest BCUT2D eigenvalue weighted by Gasteiger charge is -2.33. The van der Waals surface area contributed by atoms with Crippen LogP contribution in [0.5, 0.6) is 0 Å². The number of likely N-dealkylation sites (tertiary alicyclic amines) is 1. The van der Waals surface area contributed by atoms with Crippen molar-refractivity contribution in [3.8, 4) is 0 Å². The maximum Gasteiger partial charge on any atom is 0.408 e. The van der Waals surface area contributed by atoms with Crippen LogP contribution < -0.4 is 10.9 Å². The van der Waals surface area contributed by atoms with Gasteiger partial charge in [0.15, 0.2) is 0 Å². The number of likely N-dealkylation sites (N-methyl/N-ethyl adjacent to an activating group) is 1. The van der Waals surface area contributed by atoms with Gasteiger partial charge in [-0.25, -0.2) is 9.59 Å². The number of piperidine rings is 1. The van der Waals surface area contributed by atoms with Gasteiger partial charge in [-0.2, -0.15) is 4.98 Å². The third-order valence-corrected chi connectivity index (χ3v) is 6.83. The van der Waals surface area contributed by atoms with Gasteiger partial charge in [-0.1, -0.05) is 12.5 Å². The Morgan fingerprint density at radius 2 is 1.89 bits per heavy atom. The Kier molecular flexibility index (Phi) is 8.60. The summed E-state index contributed by atoms with van der Waals surface area (Å²) >= 11 is 0. The molecule has 36 heavy (non-hydrogen) atoms. The molecule has 1 aliphatic heterocycles. The van der Waals surface area contributed by atoms with Gasteiger partial charge >= 0.3 is 11.7 Å². The van der Waals surface area contributed by atoms with Gasteiger partial charge in [0.25, 0.3) is 6.01 Å². The Balaban J connectivity index is 1.72. The highest BCUT2D eigenvalue weighted by Crippen LogP contribution is 2.24. The lowest BCUT2D eigenvalue weighted by atomic mass is 10.0. The van der Waals surface area contributed by atoms with E-state index in [9.17, 15) is 19.5 Å². The first-order valence-electron chi connectivity index (χ1n) is 12.6. The summed E-state index contributed by atoms with van der Waals surface area (Å²) < 4.78 is 5.42. The van der Waals surface area contributed by atoms with E-state index in [1.165, 1.54) is 24.2 Å². The van der Waals surface area contributed by atoms with Gasteiger partial charge in [0.05, 0.1) is 10.9 Å². The number of hydrogen-bond donors (Lipinski definition) is 2. The van der Waals surface area contributed by atoms with Crippen molar-refractivity contribution in [3.63, 3.8) is 0 Å². The number of anilines is 1. The van der Waals surface area contributed by atoms with Crippen LogP contribution in [0.25, 0.3) is 10.9 Å². The number of hydrogen-bond acceptors (Lipinski definition) is 7. The number of carboxylic acid groups (broad SMARTS) is 1. The predicted octanol–water partition coefficient (Wildman–Crippen LogP) is 3.52. The quantitative estimate of drug-likeness (QED) is 0.564. The molecule has 1 saturated heterocycles. The SMILES string of the molecule is Cc1c(CN(C(=O)O)C(C)(C)C)ccc2nc(N[C@@H](C)C(=O)N(C)CCN3CCCCC3)oc(=O)c12. The van der Waals surface area contributed by atoms with Crippen LogP contribution >= 0.6 is 0 Å². The number of fused-ring (bicyclic) bond motifs is 1. The molecule has 10 heteroatoms. The van der Waals surface area contributed by atoms with Crippen molar-refractivity contribution in [3.05, 3.63) is 33.7 Å². The zero-order valence-corrected chi connectivity index (χ0v) is 22.3. The molecule has 0 radical (unpaired) electrons. The molecule has 1 aliphatic rings. The third kappa shape index (κ3) is 6.54. The topological polar surface area (TPSA) is 119 Å². The summed E-state index contributed by atoms with van der Waals surface area (Å²) in [6, 6.07) is 2.81. The summed E-state index contributed by atoms with van der Waals surface area (Å²) in [5.41, 5.74) is 0.558. The minimum absolute atomic E-state index is 0.0215. The first kappa shape index (κ1) is 27.4. The largest absolute Gasteiger partial charge is 0.465 e. The van der Waals surface area contributed by atoms with Crippen LogP contribution in [0.1, 0.15) is 58.1 Å². The van der Waals surface area contributed by atoms with Gasteiger partial charge in [-0.15, -0.1) is 0 Å². The molecule has 0 saturated carbocycles. The maximum atomic E-state index is 12.9. The average molecular weight is 502 g/mol. The highest BCUT2D eigenvalue weighted by atomic mass is 16.4. The summed E-state index contributed by atoms with van der Waals surface area (Å²) in [6.45, 7) is 12.7. The van der Waals surface area contributed by atoms with E-state index < -0.39 is 23.3 Å². The molecule has 2 heterocycles. The fraction of sp³-hybridized carbons (Fsp3) is 0.615. The third-order valence-electron chi connectivity index (χ3n) is 6.83. The van der Waals surface area contributed by atoms with E-state index >= 15 is 0 Å². The monoisotopic (exact) mass is 501 g/mol. The molecule has 3 rings (SSSR count). The van der Waals surface area contributed by atoms with Crippen LogP contribution in [0.3, 0.4) is 0 Å². The summed E-state index contributed by atoms with van der Waals surface area (Å²) in [7, 11) is 1.78. The molecule has 198 valence electrons. The molecule has 1 aromatic heterocycles. The Morgan fingerprint density at radius 3 is 2.50 bits per heavy atom. The van der Waals surface area contributed by atoms with Gasteiger partial charge in [0.2, 0.25) is 5.91 Å². The van der Waals surface area contributed by atoms with Crippen molar-refractivity contribution >= 4 is 28.9 Å². The molecule has 0 aliphatic carbocycles. The van der Waals surface area contributed by atoms with Gasteiger partial charge in [0.1, 0.15) is 6.04 Å². The van der Waals surface area contributed by atoms with Gasteiger partial charge in [-0.3, -0.25) is 9.69 Å². The number of rotatable bonds is 8. The number of carbonyl (C=O) groups excluding carboxylic acids is 1. The van der Waals surface area contributed by atoms with E-state index in [4.69, 9.17) is 4.42 Å². The molecule has 2 aromatic rings. The van der Waals surface area contributed by atoms with Crippen molar-refractivity contribution < 1.29 is 19.1 Å². The van der Waals surface area contributed by atoms with E-state index in [-0.39, 0.29) is 18.5 Å². The second-order valence-corrected chi connectivity index (χ2v) is 10.6. The number of nitrogens with zero attached hydrogens (tertiary/aromatic N) is 4. The molecular formula is C26H39N5O5. The molecular weight excluding hydrogens is 462 g/mol. The van der Waals surface area contributed by atoms with Crippen LogP contribution in [0, 0.1) is 6.92 Å². The number of benzene rings is 1. The van der Waals surface area contributed by atoms with Gasteiger partial charge < -0.3 is 24.6 Å². The number of nitrogens with one attached hydrogen (secondary N) is 1. The number of aromatic nitrogens is 1. The Labute approximate surface area is 212 Å². The van der Waals surface area contributed by atoms with Crippen LogP contribution in [-0.2, 0) is 11.3 Å². The lowest BCUT2D eigenvalue weighted by Crippen LogP contribution is -2.44. The Hall–Kier alpha value is -3.14. The summed E-state index contributed by atoms with van der Waals surface area (Å²) in [5.74, 6) is -0.112. The van der Waals surface area contributed by atoms with Crippen LogP contribution in [-0.4, -0.2) is 81.6 Å². The first-order valence-corrected chi connectivity index (χ1v) is 12.6. The minimum Gasteiger partial charge on any atom is -0.465 e. The highest BCUT2D eigenvalue weighted by molar-refractivity contribution is 5.85. The van der Waals surface area contributed by atoms with Gasteiger partial charge in [-0.05, 0) is 77.7 Å². The molecule has 1 atom stereocenters. The Bertz CT molecular complexity index is 1150. The van der Waals surface area contributed by atoms with Crippen molar-refractivity contribution in [1.29, 1.82) is 0 Å². The molecule has 2 N–H and O–H groups in total. The highest BCUT2D eigenvalue weighted by Gasteiger charge is 2.27. The normalized spacial score (nSPS) is 15.5. The van der Waals surface area contributed by atoms with Crippen molar-refractivity contribution in [1.82, 2.24) is 19.7 Å². The summed E-state index contributed by atoms with van der Waals surface area (Å²) in [6.07, 6.45) is 2.65. The van der Waals surface area contributed by atoms with Crippen LogP contribution in [0.2, 0.25) is 0 Å². The molecule has 2 amide bonds. The van der Waals surface area contributed by atoms with Crippen LogP contribution in [0.4, 0.5) is 10.8 Å². The molecule has 1 aromatic carbocycles. The zero-order chi connectivity index (χ0) is 26.6. The number of amides is 2.